The predicted molar refractivity (Wildman–Crippen MR) is 94.5 cm³/mol. The lowest BCUT2D eigenvalue weighted by Crippen LogP contribution is -2.50. The highest BCUT2D eigenvalue weighted by atomic mass is 19.1. The minimum atomic E-state index is -0.714. The van der Waals surface area contributed by atoms with Crippen LogP contribution < -0.4 is 10.2 Å². The van der Waals surface area contributed by atoms with Crippen LogP contribution >= 0.6 is 0 Å². The minimum absolute atomic E-state index is 0.105. The molecule has 1 aliphatic rings. The second kappa shape index (κ2) is 6.57. The zero-order valence-electron chi connectivity index (χ0n) is 14.1. The highest BCUT2D eigenvalue weighted by molar-refractivity contribution is 5.93. The predicted octanol–water partition coefficient (Wildman–Crippen LogP) is 3.51. The summed E-state index contributed by atoms with van der Waals surface area (Å²) in [6, 6.07) is 7.73. The van der Waals surface area contributed by atoms with E-state index in [-0.39, 0.29) is 17.3 Å². The number of hydrogen-bond acceptors (Lipinski definition) is 4. The van der Waals surface area contributed by atoms with Gasteiger partial charge in [0.1, 0.15) is 17.5 Å². The van der Waals surface area contributed by atoms with E-state index in [0.29, 0.717) is 23.4 Å². The van der Waals surface area contributed by atoms with Gasteiger partial charge < -0.3 is 10.2 Å². The lowest BCUT2D eigenvalue weighted by atomic mass is 10.0. The molecule has 1 atom stereocenters. The molecule has 4 rings (SSSR count). The maximum Gasteiger partial charge on any atom is 0.226 e. The molecule has 1 aromatic heterocycles. The van der Waals surface area contributed by atoms with Crippen LogP contribution in [0.2, 0.25) is 0 Å². The molecule has 7 heteroatoms. The second-order valence-corrected chi connectivity index (χ2v) is 6.38. The van der Waals surface area contributed by atoms with E-state index in [0.717, 1.165) is 13.1 Å². The SMILES string of the molecule is C[C@H]1CNCCN1c1nc(-c2c(F)cccc2F)c2ccc(F)cc2n1. The lowest BCUT2D eigenvalue weighted by Gasteiger charge is -2.34. The van der Waals surface area contributed by atoms with E-state index in [9.17, 15) is 13.2 Å². The van der Waals surface area contributed by atoms with Crippen LogP contribution in [0, 0.1) is 17.5 Å². The summed E-state index contributed by atoms with van der Waals surface area (Å²) in [4.78, 5) is 10.9. The topological polar surface area (TPSA) is 41.0 Å². The summed E-state index contributed by atoms with van der Waals surface area (Å²) in [6.07, 6.45) is 0. The van der Waals surface area contributed by atoms with Crippen molar-refractivity contribution in [2.75, 3.05) is 24.5 Å². The van der Waals surface area contributed by atoms with Gasteiger partial charge in [0.05, 0.1) is 16.8 Å². The van der Waals surface area contributed by atoms with E-state index in [2.05, 4.69) is 15.3 Å². The molecule has 0 unspecified atom stereocenters. The molecule has 134 valence electrons. The first-order chi connectivity index (χ1) is 12.5. The Hall–Kier alpha value is -2.67. The zero-order chi connectivity index (χ0) is 18.3. The van der Waals surface area contributed by atoms with Gasteiger partial charge in [-0.1, -0.05) is 6.07 Å². The van der Waals surface area contributed by atoms with Gasteiger partial charge >= 0.3 is 0 Å². The molecule has 0 amide bonds. The molecule has 26 heavy (non-hydrogen) atoms. The van der Waals surface area contributed by atoms with Gasteiger partial charge in [-0.3, -0.25) is 0 Å². The number of rotatable bonds is 2. The molecular formula is C19H17F3N4. The largest absolute Gasteiger partial charge is 0.336 e. The Kier molecular flexibility index (Phi) is 4.24. The van der Waals surface area contributed by atoms with E-state index in [1.54, 1.807) is 0 Å². The second-order valence-electron chi connectivity index (χ2n) is 6.38. The van der Waals surface area contributed by atoms with Crippen LogP contribution in [-0.2, 0) is 0 Å². The maximum absolute atomic E-state index is 14.4. The van der Waals surface area contributed by atoms with E-state index in [1.807, 2.05) is 11.8 Å². The normalized spacial score (nSPS) is 17.7. The third-order valence-corrected chi connectivity index (χ3v) is 4.60. The number of nitrogens with zero attached hydrogens (tertiary/aromatic N) is 3. The first-order valence-electron chi connectivity index (χ1n) is 8.43. The molecule has 2 aromatic carbocycles. The highest BCUT2D eigenvalue weighted by Gasteiger charge is 2.24. The van der Waals surface area contributed by atoms with Crippen LogP contribution in [0.15, 0.2) is 36.4 Å². The molecule has 4 nitrogen and oxygen atoms in total. The fourth-order valence-electron chi connectivity index (χ4n) is 3.27. The number of benzene rings is 2. The van der Waals surface area contributed by atoms with Gasteiger partial charge in [-0.05, 0) is 31.2 Å². The number of anilines is 1. The molecular weight excluding hydrogens is 341 g/mol. The van der Waals surface area contributed by atoms with Crippen LogP contribution in [0.1, 0.15) is 6.92 Å². The zero-order valence-corrected chi connectivity index (χ0v) is 14.1. The Bertz CT molecular complexity index is 956. The first kappa shape index (κ1) is 16.8. The Balaban J connectivity index is 1.99. The Labute approximate surface area is 148 Å². The van der Waals surface area contributed by atoms with Gasteiger partial charge in [-0.25, -0.2) is 23.1 Å². The molecule has 1 N–H and O–H groups in total. The molecule has 3 aromatic rings. The Morgan fingerprint density at radius 2 is 1.85 bits per heavy atom. The Morgan fingerprint density at radius 3 is 2.58 bits per heavy atom. The molecule has 1 saturated heterocycles. The van der Waals surface area contributed by atoms with Crippen LogP contribution in [0.3, 0.4) is 0 Å². The van der Waals surface area contributed by atoms with Crippen molar-refractivity contribution in [1.82, 2.24) is 15.3 Å². The summed E-state index contributed by atoms with van der Waals surface area (Å²) in [6.45, 7) is 4.15. The Morgan fingerprint density at radius 1 is 1.08 bits per heavy atom. The smallest absolute Gasteiger partial charge is 0.226 e. The van der Waals surface area contributed by atoms with Gasteiger partial charge in [0, 0.05) is 37.1 Å². The van der Waals surface area contributed by atoms with Crippen LogP contribution in [-0.4, -0.2) is 35.6 Å². The van der Waals surface area contributed by atoms with Crippen LogP contribution in [0.4, 0.5) is 19.1 Å². The van der Waals surface area contributed by atoms with Crippen LogP contribution in [0.5, 0.6) is 0 Å². The molecule has 2 heterocycles. The first-order valence-corrected chi connectivity index (χ1v) is 8.43. The number of piperazine rings is 1. The van der Waals surface area contributed by atoms with Crippen LogP contribution in [0.25, 0.3) is 22.2 Å². The van der Waals surface area contributed by atoms with E-state index in [1.165, 1.54) is 36.4 Å². The van der Waals surface area contributed by atoms with E-state index < -0.39 is 17.5 Å². The minimum Gasteiger partial charge on any atom is -0.336 e. The summed E-state index contributed by atoms with van der Waals surface area (Å²) in [5.41, 5.74) is 0.222. The standard InChI is InChI=1S/C19H17F3N4/c1-11-10-23-7-8-26(11)19-24-16-9-12(20)5-6-13(16)18(25-19)17-14(21)3-2-4-15(17)22/h2-6,9,11,23H,7-8,10H2,1H3/t11-/m0/s1. The van der Waals surface area contributed by atoms with Crippen molar-refractivity contribution in [3.05, 3.63) is 53.8 Å². The quantitative estimate of drug-likeness (QED) is 0.761. The van der Waals surface area contributed by atoms with Crippen molar-refractivity contribution in [2.45, 2.75) is 13.0 Å². The van der Waals surface area contributed by atoms with Crippen molar-refractivity contribution in [3.63, 3.8) is 0 Å². The molecule has 0 aliphatic carbocycles. The van der Waals surface area contributed by atoms with Gasteiger partial charge in [0.25, 0.3) is 0 Å². The average Bonchev–Trinajstić information content (AvgIpc) is 2.61. The third kappa shape index (κ3) is 2.88. The molecule has 0 radical (unpaired) electrons. The fourth-order valence-corrected chi connectivity index (χ4v) is 3.27. The summed E-state index contributed by atoms with van der Waals surface area (Å²) < 4.78 is 42.5. The molecule has 1 fully saturated rings. The summed E-state index contributed by atoms with van der Waals surface area (Å²) >= 11 is 0. The number of halogens is 3. The maximum atomic E-state index is 14.4. The van der Waals surface area contributed by atoms with E-state index >= 15 is 0 Å². The number of aromatic nitrogens is 2. The summed E-state index contributed by atoms with van der Waals surface area (Å²) in [5.74, 6) is -1.55. The average molecular weight is 358 g/mol. The van der Waals surface area contributed by atoms with Gasteiger partial charge in [0.2, 0.25) is 5.95 Å². The highest BCUT2D eigenvalue weighted by Crippen LogP contribution is 2.32. The van der Waals surface area contributed by atoms with E-state index in [4.69, 9.17) is 0 Å². The van der Waals surface area contributed by atoms with Gasteiger partial charge in [-0.2, -0.15) is 0 Å². The molecule has 0 spiro atoms. The van der Waals surface area contributed by atoms with Crippen molar-refractivity contribution in [3.8, 4) is 11.3 Å². The number of fused-ring (bicyclic) bond motifs is 1. The third-order valence-electron chi connectivity index (χ3n) is 4.60. The van der Waals surface area contributed by atoms with Crippen molar-refractivity contribution in [2.24, 2.45) is 0 Å². The van der Waals surface area contributed by atoms with Crippen molar-refractivity contribution < 1.29 is 13.2 Å². The van der Waals surface area contributed by atoms with Gasteiger partial charge in [0.15, 0.2) is 0 Å². The molecule has 0 bridgehead atoms. The number of hydrogen-bond donors (Lipinski definition) is 1. The molecule has 1 aliphatic heterocycles. The summed E-state index contributed by atoms with van der Waals surface area (Å²) in [7, 11) is 0. The van der Waals surface area contributed by atoms with Crippen molar-refractivity contribution >= 4 is 16.9 Å². The lowest BCUT2D eigenvalue weighted by molar-refractivity contribution is 0.493. The monoisotopic (exact) mass is 358 g/mol. The molecule has 0 saturated carbocycles. The fraction of sp³-hybridized carbons (Fsp3) is 0.263. The van der Waals surface area contributed by atoms with Crippen molar-refractivity contribution in [1.29, 1.82) is 0 Å². The van der Waals surface area contributed by atoms with Gasteiger partial charge in [-0.15, -0.1) is 0 Å². The number of nitrogens with one attached hydrogen (secondary N) is 1. The summed E-state index contributed by atoms with van der Waals surface area (Å²) in [5, 5.41) is 3.67.